The Morgan fingerprint density at radius 3 is 1.69 bits per heavy atom. The van der Waals surface area contributed by atoms with E-state index in [1.165, 1.54) is 38.2 Å². The summed E-state index contributed by atoms with van der Waals surface area (Å²) in [6, 6.07) is 77.2. The number of oxazole rings is 1. The number of hydrogen-bond donors (Lipinski definition) is 0. The predicted octanol–water partition coefficient (Wildman–Crippen LogP) is 16.2. The van der Waals surface area contributed by atoms with Crippen molar-refractivity contribution in [2.45, 2.75) is 0 Å². The van der Waals surface area contributed by atoms with Gasteiger partial charge in [-0.1, -0.05) is 152 Å². The number of para-hydroxylation sites is 1. The van der Waals surface area contributed by atoms with Crippen LogP contribution in [0, 0.1) is 0 Å². The molecule has 0 bridgehead atoms. The van der Waals surface area contributed by atoms with E-state index < -0.39 is 0 Å². The van der Waals surface area contributed by atoms with Crippen molar-refractivity contribution in [1.82, 2.24) is 4.98 Å². The number of anilines is 3. The van der Waals surface area contributed by atoms with E-state index in [0.29, 0.717) is 5.89 Å². The molecule has 0 N–H and O–H groups in total. The topological polar surface area (TPSA) is 42.4 Å². The van der Waals surface area contributed by atoms with Crippen LogP contribution in [0.15, 0.2) is 227 Å². The van der Waals surface area contributed by atoms with E-state index in [0.717, 1.165) is 72.4 Å². The first-order valence-electron chi connectivity index (χ1n) is 20.6. The number of benzene rings is 10. The highest BCUT2D eigenvalue weighted by Gasteiger charge is 2.19. The summed E-state index contributed by atoms with van der Waals surface area (Å²) in [5.41, 5.74) is 14.1. The lowest BCUT2D eigenvalue weighted by Gasteiger charge is -2.26. The van der Waals surface area contributed by atoms with Crippen molar-refractivity contribution in [3.8, 4) is 44.8 Å². The lowest BCUT2D eigenvalue weighted by molar-refractivity contribution is 0.620. The molecular formula is C57H36N2O2. The molecule has 0 spiro atoms. The molecule has 0 aliphatic carbocycles. The van der Waals surface area contributed by atoms with Crippen LogP contribution in [-0.4, -0.2) is 4.98 Å². The summed E-state index contributed by atoms with van der Waals surface area (Å²) in [5.74, 6) is 0.601. The van der Waals surface area contributed by atoms with Crippen molar-refractivity contribution < 1.29 is 8.83 Å². The normalized spacial score (nSPS) is 11.6. The minimum atomic E-state index is 0.601. The van der Waals surface area contributed by atoms with Gasteiger partial charge in [-0.25, -0.2) is 4.98 Å². The van der Waals surface area contributed by atoms with Gasteiger partial charge < -0.3 is 13.7 Å². The Bertz CT molecular complexity index is 3570. The zero-order valence-electron chi connectivity index (χ0n) is 33.0. The van der Waals surface area contributed by atoms with Gasteiger partial charge in [0.05, 0.1) is 0 Å². The van der Waals surface area contributed by atoms with Crippen molar-refractivity contribution in [3.63, 3.8) is 0 Å². The van der Waals surface area contributed by atoms with Crippen molar-refractivity contribution in [3.05, 3.63) is 218 Å². The van der Waals surface area contributed by atoms with E-state index in [4.69, 9.17) is 13.8 Å². The van der Waals surface area contributed by atoms with Crippen molar-refractivity contribution >= 4 is 71.6 Å². The third kappa shape index (κ3) is 6.04. The molecule has 286 valence electrons. The maximum Gasteiger partial charge on any atom is 0.227 e. The highest BCUT2D eigenvalue weighted by Crippen LogP contribution is 2.42. The molecule has 0 atom stereocenters. The molecule has 12 rings (SSSR count). The Hall–Kier alpha value is -8.21. The number of fused-ring (bicyclic) bond motifs is 7. The fraction of sp³-hybridized carbons (Fsp3) is 0. The quantitative estimate of drug-likeness (QED) is 0.151. The molecule has 61 heavy (non-hydrogen) atoms. The van der Waals surface area contributed by atoms with Crippen molar-refractivity contribution in [1.29, 1.82) is 0 Å². The van der Waals surface area contributed by atoms with E-state index >= 15 is 0 Å². The Balaban J connectivity index is 0.941. The number of rotatable bonds is 7. The van der Waals surface area contributed by atoms with Crippen LogP contribution in [-0.2, 0) is 0 Å². The van der Waals surface area contributed by atoms with Crippen LogP contribution in [0.4, 0.5) is 17.1 Å². The Morgan fingerprint density at radius 2 is 0.934 bits per heavy atom. The van der Waals surface area contributed by atoms with Gasteiger partial charge >= 0.3 is 0 Å². The van der Waals surface area contributed by atoms with E-state index in [2.05, 4.69) is 187 Å². The van der Waals surface area contributed by atoms with Crippen molar-refractivity contribution in [2.75, 3.05) is 4.90 Å². The molecule has 4 heteroatoms. The first-order chi connectivity index (χ1) is 30.2. The molecule has 10 aromatic carbocycles. The molecule has 0 saturated carbocycles. The molecule has 0 saturated heterocycles. The average Bonchev–Trinajstić information content (AvgIpc) is 3.92. The van der Waals surface area contributed by atoms with Gasteiger partial charge in [-0.2, -0.15) is 0 Å². The molecule has 4 nitrogen and oxygen atoms in total. The molecule has 0 unspecified atom stereocenters. The standard InChI is InChI=1S/C57H36N2O2/c1-3-13-37(14-4-1)41-18-11-19-45(33-41)59(44-31-27-39(28-32-44)51-34-42-17-7-8-20-46(42)48-21-9-10-22-49(48)51)43-29-25-38(26-30-43)47-23-12-24-50-52-35-55-53(36-54(52)60-56(47)50)58-57(61-55)40-15-5-2-6-16-40/h1-36H. The molecule has 0 fully saturated rings. The van der Waals surface area contributed by atoms with Crippen LogP contribution in [0.1, 0.15) is 0 Å². The first kappa shape index (κ1) is 34.8. The Morgan fingerprint density at radius 1 is 0.328 bits per heavy atom. The summed E-state index contributed by atoms with van der Waals surface area (Å²) in [6.07, 6.45) is 0. The number of nitrogens with zero attached hydrogens (tertiary/aromatic N) is 2. The Kier molecular flexibility index (Phi) is 8.13. The lowest BCUT2D eigenvalue weighted by Crippen LogP contribution is -2.10. The van der Waals surface area contributed by atoms with Crippen LogP contribution in [0.3, 0.4) is 0 Å². The molecule has 0 aliphatic rings. The maximum atomic E-state index is 6.64. The van der Waals surface area contributed by atoms with Gasteiger partial charge in [0.1, 0.15) is 16.7 Å². The van der Waals surface area contributed by atoms with Gasteiger partial charge in [-0.05, 0) is 110 Å². The third-order valence-electron chi connectivity index (χ3n) is 11.9. The van der Waals surface area contributed by atoms with Crippen molar-refractivity contribution in [2.24, 2.45) is 0 Å². The number of aromatic nitrogens is 1. The van der Waals surface area contributed by atoms with Gasteiger partial charge in [0.15, 0.2) is 5.58 Å². The molecule has 0 amide bonds. The summed E-state index contributed by atoms with van der Waals surface area (Å²) in [5, 5.41) is 7.06. The number of hydrogen-bond acceptors (Lipinski definition) is 4. The SMILES string of the molecule is c1ccc(-c2cccc(N(c3ccc(-c4cc5ccccc5c5ccccc45)cc3)c3ccc(-c4cccc5c4oc4cc6nc(-c7ccccc7)oc6cc45)cc3)c2)cc1. The smallest absolute Gasteiger partial charge is 0.227 e. The van der Waals surface area contributed by atoms with Gasteiger partial charge in [-0.15, -0.1) is 0 Å². The summed E-state index contributed by atoms with van der Waals surface area (Å²) in [4.78, 5) is 7.13. The Labute approximate surface area is 352 Å². The lowest BCUT2D eigenvalue weighted by atomic mass is 9.93. The zero-order valence-corrected chi connectivity index (χ0v) is 33.0. The predicted molar refractivity (Wildman–Crippen MR) is 253 cm³/mol. The third-order valence-corrected chi connectivity index (χ3v) is 11.9. The number of furan rings is 1. The van der Waals surface area contributed by atoms with Crippen LogP contribution in [0.5, 0.6) is 0 Å². The minimum Gasteiger partial charge on any atom is -0.455 e. The van der Waals surface area contributed by atoms with Gasteiger partial charge in [0.2, 0.25) is 5.89 Å². The average molecular weight is 781 g/mol. The monoisotopic (exact) mass is 780 g/mol. The summed E-state index contributed by atoms with van der Waals surface area (Å²) < 4.78 is 12.9. The van der Waals surface area contributed by atoms with E-state index in [-0.39, 0.29) is 0 Å². The molecule has 12 aromatic rings. The summed E-state index contributed by atoms with van der Waals surface area (Å²) in [6.45, 7) is 0. The van der Waals surface area contributed by atoms with E-state index in [1.54, 1.807) is 0 Å². The molecular weight excluding hydrogens is 745 g/mol. The minimum absolute atomic E-state index is 0.601. The van der Waals surface area contributed by atoms with Crippen LogP contribution >= 0.6 is 0 Å². The fourth-order valence-electron chi connectivity index (χ4n) is 8.93. The summed E-state index contributed by atoms with van der Waals surface area (Å²) in [7, 11) is 0. The van der Waals surface area contributed by atoms with E-state index in [9.17, 15) is 0 Å². The van der Waals surface area contributed by atoms with Gasteiger partial charge in [0, 0.05) is 45.0 Å². The second-order valence-electron chi connectivity index (χ2n) is 15.5. The maximum absolute atomic E-state index is 6.64. The second-order valence-corrected chi connectivity index (χ2v) is 15.5. The van der Waals surface area contributed by atoms with Crippen LogP contribution < -0.4 is 4.90 Å². The van der Waals surface area contributed by atoms with Gasteiger partial charge in [-0.3, -0.25) is 0 Å². The molecule has 2 heterocycles. The first-order valence-corrected chi connectivity index (χ1v) is 20.6. The molecule has 0 radical (unpaired) electrons. The zero-order chi connectivity index (χ0) is 40.3. The van der Waals surface area contributed by atoms with Gasteiger partial charge in [0.25, 0.3) is 0 Å². The van der Waals surface area contributed by atoms with Crippen LogP contribution in [0.25, 0.3) is 99.4 Å². The fourth-order valence-corrected chi connectivity index (χ4v) is 8.93. The second kappa shape index (κ2) is 14.3. The summed E-state index contributed by atoms with van der Waals surface area (Å²) >= 11 is 0. The van der Waals surface area contributed by atoms with Crippen LogP contribution in [0.2, 0.25) is 0 Å². The highest BCUT2D eigenvalue weighted by atomic mass is 16.4. The van der Waals surface area contributed by atoms with E-state index in [1.807, 2.05) is 36.4 Å². The molecule has 2 aromatic heterocycles. The largest absolute Gasteiger partial charge is 0.455 e. The molecule has 0 aliphatic heterocycles. The highest BCUT2D eigenvalue weighted by molar-refractivity contribution is 6.14.